The summed E-state index contributed by atoms with van der Waals surface area (Å²) in [5.74, 6) is 0. The molecule has 1 aromatic heterocycles. The van der Waals surface area contributed by atoms with Crippen molar-refractivity contribution in [2.75, 3.05) is 37.6 Å². The number of aliphatic hydroxyl groups excluding tert-OH is 1. The molecule has 130 valence electrons. The number of anilines is 1. The first-order valence-electron chi connectivity index (χ1n) is 8.67. The Morgan fingerprint density at radius 2 is 1.88 bits per heavy atom. The number of rotatable bonds is 4. The van der Waals surface area contributed by atoms with Crippen LogP contribution in [0.2, 0.25) is 5.02 Å². The lowest BCUT2D eigenvalue weighted by Gasteiger charge is -2.37. The minimum Gasteiger partial charge on any atom is -0.387 e. The fourth-order valence-electron chi connectivity index (χ4n) is 3.48. The Bertz CT molecular complexity index is 855. The predicted octanol–water partition coefficient (Wildman–Crippen LogP) is 3.68. The van der Waals surface area contributed by atoms with Crippen LogP contribution in [0.4, 0.5) is 5.69 Å². The van der Waals surface area contributed by atoms with Gasteiger partial charge in [-0.1, -0.05) is 29.8 Å². The van der Waals surface area contributed by atoms with Crippen LogP contribution in [-0.2, 0) is 0 Å². The number of piperazine rings is 1. The number of β-amino-alcohol motifs (C(OH)–C–C–N with tert-alkyl or cyclic N) is 1. The van der Waals surface area contributed by atoms with Crippen LogP contribution in [-0.4, -0.2) is 47.7 Å². The zero-order chi connectivity index (χ0) is 17.2. The summed E-state index contributed by atoms with van der Waals surface area (Å²) in [7, 11) is 0. The number of hydrogen-bond donors (Lipinski definition) is 2. The molecular weight excluding hydrogens is 334 g/mol. The quantitative estimate of drug-likeness (QED) is 0.750. The van der Waals surface area contributed by atoms with Gasteiger partial charge in [0.05, 0.1) is 6.10 Å². The summed E-state index contributed by atoms with van der Waals surface area (Å²) >= 11 is 6.09. The van der Waals surface area contributed by atoms with Crippen LogP contribution in [0, 0.1) is 0 Å². The third kappa shape index (κ3) is 3.66. The lowest BCUT2D eigenvalue weighted by molar-refractivity contribution is 0.109. The van der Waals surface area contributed by atoms with Gasteiger partial charge >= 0.3 is 0 Å². The Labute approximate surface area is 152 Å². The van der Waals surface area contributed by atoms with E-state index in [4.69, 9.17) is 11.6 Å². The van der Waals surface area contributed by atoms with E-state index in [0.29, 0.717) is 6.54 Å². The first-order valence-corrected chi connectivity index (χ1v) is 9.05. The molecule has 1 aliphatic heterocycles. The molecule has 3 aromatic rings. The largest absolute Gasteiger partial charge is 0.387 e. The lowest BCUT2D eigenvalue weighted by atomic mass is 10.1. The molecule has 0 spiro atoms. The normalized spacial score (nSPS) is 17.1. The first kappa shape index (κ1) is 16.5. The van der Waals surface area contributed by atoms with Crippen molar-refractivity contribution in [3.63, 3.8) is 0 Å². The van der Waals surface area contributed by atoms with Crippen LogP contribution < -0.4 is 4.90 Å². The number of aliphatic hydroxyl groups is 1. The third-order valence-electron chi connectivity index (χ3n) is 4.94. The fourth-order valence-corrected chi connectivity index (χ4v) is 3.67. The smallest absolute Gasteiger partial charge is 0.0917 e. The number of nitrogens with one attached hydrogen (secondary N) is 1. The van der Waals surface area contributed by atoms with E-state index in [1.54, 1.807) is 0 Å². The standard InChI is InChI=1S/C20H22ClN3O/c21-17-2-1-3-18(13-17)24-10-8-23(9-11-24)14-20(25)16-5-4-15-6-7-22-19(15)12-16/h1-7,12-13,20,22,25H,8-11,14H2. The Morgan fingerprint density at radius 3 is 2.68 bits per heavy atom. The highest BCUT2D eigenvalue weighted by molar-refractivity contribution is 6.30. The van der Waals surface area contributed by atoms with Crippen molar-refractivity contribution >= 4 is 28.2 Å². The van der Waals surface area contributed by atoms with Crippen molar-refractivity contribution < 1.29 is 5.11 Å². The number of halogens is 1. The predicted molar refractivity (Wildman–Crippen MR) is 103 cm³/mol. The minimum absolute atomic E-state index is 0.467. The molecule has 25 heavy (non-hydrogen) atoms. The van der Waals surface area contributed by atoms with E-state index in [9.17, 15) is 5.11 Å². The Balaban J connectivity index is 1.36. The molecule has 2 aromatic carbocycles. The maximum atomic E-state index is 10.6. The summed E-state index contributed by atoms with van der Waals surface area (Å²) in [5, 5.41) is 12.5. The summed E-state index contributed by atoms with van der Waals surface area (Å²) in [6.45, 7) is 4.43. The summed E-state index contributed by atoms with van der Waals surface area (Å²) < 4.78 is 0. The fraction of sp³-hybridized carbons (Fsp3) is 0.300. The van der Waals surface area contributed by atoms with Crippen LogP contribution in [0.1, 0.15) is 11.7 Å². The Kier molecular flexibility index (Phi) is 4.66. The van der Waals surface area contributed by atoms with Crippen LogP contribution in [0.15, 0.2) is 54.7 Å². The average molecular weight is 356 g/mol. The zero-order valence-corrected chi connectivity index (χ0v) is 14.8. The second-order valence-corrected chi connectivity index (χ2v) is 7.04. The van der Waals surface area contributed by atoms with Crippen molar-refractivity contribution in [3.8, 4) is 0 Å². The monoisotopic (exact) mass is 355 g/mol. The molecule has 2 heterocycles. The van der Waals surface area contributed by atoms with Gasteiger partial charge in [0.1, 0.15) is 0 Å². The van der Waals surface area contributed by atoms with Gasteiger partial charge in [-0.3, -0.25) is 4.90 Å². The maximum Gasteiger partial charge on any atom is 0.0917 e. The van der Waals surface area contributed by atoms with E-state index < -0.39 is 6.10 Å². The highest BCUT2D eigenvalue weighted by atomic mass is 35.5. The molecule has 0 bridgehead atoms. The van der Waals surface area contributed by atoms with Crippen molar-refractivity contribution in [2.45, 2.75) is 6.10 Å². The first-order chi connectivity index (χ1) is 12.2. The number of aromatic amines is 1. The summed E-state index contributed by atoms with van der Waals surface area (Å²) in [6, 6.07) is 16.2. The van der Waals surface area contributed by atoms with Crippen LogP contribution >= 0.6 is 11.6 Å². The molecule has 2 N–H and O–H groups in total. The van der Waals surface area contributed by atoms with E-state index in [1.165, 1.54) is 11.1 Å². The highest BCUT2D eigenvalue weighted by Gasteiger charge is 2.20. The van der Waals surface area contributed by atoms with E-state index in [2.05, 4.69) is 26.9 Å². The van der Waals surface area contributed by atoms with Crippen molar-refractivity contribution in [3.05, 3.63) is 65.3 Å². The van der Waals surface area contributed by atoms with E-state index >= 15 is 0 Å². The molecule has 0 saturated carbocycles. The SMILES string of the molecule is OC(CN1CCN(c2cccc(Cl)c2)CC1)c1ccc2cc[nH]c2c1. The second-order valence-electron chi connectivity index (χ2n) is 6.61. The van der Waals surface area contributed by atoms with Gasteiger partial charge in [-0.25, -0.2) is 0 Å². The third-order valence-corrected chi connectivity index (χ3v) is 5.18. The van der Waals surface area contributed by atoms with E-state index in [1.807, 2.05) is 42.6 Å². The van der Waals surface area contributed by atoms with Crippen LogP contribution in [0.3, 0.4) is 0 Å². The maximum absolute atomic E-state index is 10.6. The molecule has 1 atom stereocenters. The summed E-state index contributed by atoms with van der Waals surface area (Å²) in [4.78, 5) is 7.88. The van der Waals surface area contributed by atoms with Gasteiger partial charge in [0.25, 0.3) is 0 Å². The number of nitrogens with zero attached hydrogens (tertiary/aromatic N) is 2. The molecule has 4 nitrogen and oxygen atoms in total. The van der Waals surface area contributed by atoms with Gasteiger partial charge < -0.3 is 15.0 Å². The highest BCUT2D eigenvalue weighted by Crippen LogP contribution is 2.23. The molecule has 0 radical (unpaired) electrons. The van der Waals surface area contributed by atoms with Gasteiger partial charge in [0.15, 0.2) is 0 Å². The van der Waals surface area contributed by atoms with Gasteiger partial charge in [-0.05, 0) is 41.3 Å². The molecule has 0 aliphatic carbocycles. The van der Waals surface area contributed by atoms with Gasteiger partial charge in [-0.2, -0.15) is 0 Å². The van der Waals surface area contributed by atoms with Crippen LogP contribution in [0.5, 0.6) is 0 Å². The number of hydrogen-bond acceptors (Lipinski definition) is 3. The summed E-state index contributed by atoms with van der Waals surface area (Å²) in [5.41, 5.74) is 3.21. The molecule has 1 unspecified atom stereocenters. The summed E-state index contributed by atoms with van der Waals surface area (Å²) in [6.07, 6.45) is 1.46. The second kappa shape index (κ2) is 7.08. The zero-order valence-electron chi connectivity index (χ0n) is 14.0. The van der Waals surface area contributed by atoms with Crippen molar-refractivity contribution in [1.82, 2.24) is 9.88 Å². The van der Waals surface area contributed by atoms with E-state index in [-0.39, 0.29) is 0 Å². The molecule has 1 saturated heterocycles. The molecular formula is C20H22ClN3O. The topological polar surface area (TPSA) is 42.5 Å². The van der Waals surface area contributed by atoms with Crippen molar-refractivity contribution in [2.24, 2.45) is 0 Å². The molecule has 4 rings (SSSR count). The Morgan fingerprint density at radius 1 is 1.04 bits per heavy atom. The Hall–Kier alpha value is -2.01. The number of benzene rings is 2. The van der Waals surface area contributed by atoms with Gasteiger partial charge in [0.2, 0.25) is 0 Å². The number of aromatic nitrogens is 1. The molecule has 5 heteroatoms. The van der Waals surface area contributed by atoms with Gasteiger partial charge in [-0.15, -0.1) is 0 Å². The van der Waals surface area contributed by atoms with Gasteiger partial charge in [0, 0.05) is 55.1 Å². The molecule has 1 aliphatic rings. The minimum atomic E-state index is -0.467. The average Bonchev–Trinajstić information content (AvgIpc) is 3.10. The van der Waals surface area contributed by atoms with E-state index in [0.717, 1.165) is 42.3 Å². The molecule has 1 fully saturated rings. The molecule has 0 amide bonds. The van der Waals surface area contributed by atoms with Crippen LogP contribution in [0.25, 0.3) is 10.9 Å². The number of H-pyrrole nitrogens is 1. The number of fused-ring (bicyclic) bond motifs is 1. The van der Waals surface area contributed by atoms with Crippen molar-refractivity contribution in [1.29, 1.82) is 0 Å². The lowest BCUT2D eigenvalue weighted by Crippen LogP contribution is -2.47.